The molecule has 0 spiro atoms. The number of nitrogens with zero attached hydrogens (tertiary/aromatic N) is 3. The standard InChI is InChI=1S/C16H18N4O3S2/c1-8-7-11(19-23-8)17-12(21)5-6-24-16-18-14-13(15(22)20(16)4)9(2)10(3)25-14/h7H,5-6H2,1-4H3,(H,17,19,21). The summed E-state index contributed by atoms with van der Waals surface area (Å²) < 4.78 is 6.45. The molecule has 132 valence electrons. The van der Waals surface area contributed by atoms with Gasteiger partial charge in [-0.15, -0.1) is 11.3 Å². The number of anilines is 1. The highest BCUT2D eigenvalue weighted by atomic mass is 32.2. The monoisotopic (exact) mass is 378 g/mol. The topological polar surface area (TPSA) is 90.0 Å². The van der Waals surface area contributed by atoms with Gasteiger partial charge < -0.3 is 9.84 Å². The molecule has 9 heteroatoms. The first-order valence-corrected chi connectivity index (χ1v) is 9.49. The fraction of sp³-hybridized carbons (Fsp3) is 0.375. The van der Waals surface area contributed by atoms with Gasteiger partial charge in [0.2, 0.25) is 5.91 Å². The van der Waals surface area contributed by atoms with Crippen molar-refractivity contribution < 1.29 is 9.32 Å². The number of nitrogens with one attached hydrogen (secondary N) is 1. The second-order valence-corrected chi connectivity index (χ2v) is 7.96. The van der Waals surface area contributed by atoms with Gasteiger partial charge in [0.25, 0.3) is 5.56 Å². The molecule has 1 amide bonds. The van der Waals surface area contributed by atoms with Crippen molar-refractivity contribution in [3.63, 3.8) is 0 Å². The van der Waals surface area contributed by atoms with Crippen molar-refractivity contribution in [3.8, 4) is 0 Å². The Kier molecular flexibility index (Phi) is 4.96. The molecule has 3 heterocycles. The highest BCUT2D eigenvalue weighted by Gasteiger charge is 2.15. The van der Waals surface area contributed by atoms with E-state index in [4.69, 9.17) is 4.52 Å². The Morgan fingerprint density at radius 3 is 2.84 bits per heavy atom. The number of hydrogen-bond donors (Lipinski definition) is 1. The zero-order valence-electron chi connectivity index (χ0n) is 14.4. The SMILES string of the molecule is Cc1cc(NC(=O)CCSc2nc3sc(C)c(C)c3c(=O)n2C)no1. The van der Waals surface area contributed by atoms with Gasteiger partial charge in [-0.25, -0.2) is 4.98 Å². The van der Waals surface area contributed by atoms with Crippen LogP contribution in [0.5, 0.6) is 0 Å². The maximum atomic E-state index is 12.5. The fourth-order valence-electron chi connectivity index (χ4n) is 2.35. The van der Waals surface area contributed by atoms with Crippen LogP contribution >= 0.6 is 23.1 Å². The van der Waals surface area contributed by atoms with Crippen molar-refractivity contribution in [1.82, 2.24) is 14.7 Å². The first-order valence-electron chi connectivity index (χ1n) is 7.69. The van der Waals surface area contributed by atoms with E-state index in [0.29, 0.717) is 27.9 Å². The third kappa shape index (κ3) is 3.62. The van der Waals surface area contributed by atoms with Crippen LogP contribution in [0, 0.1) is 20.8 Å². The van der Waals surface area contributed by atoms with Crippen LogP contribution in [0.15, 0.2) is 20.5 Å². The van der Waals surface area contributed by atoms with Gasteiger partial charge in [-0.1, -0.05) is 16.9 Å². The predicted octanol–water partition coefficient (Wildman–Crippen LogP) is 3.03. The number of thioether (sulfide) groups is 1. The number of thiophene rings is 1. The molecule has 0 aliphatic rings. The quantitative estimate of drug-likeness (QED) is 0.542. The molecular weight excluding hydrogens is 360 g/mol. The Bertz CT molecular complexity index is 1000. The van der Waals surface area contributed by atoms with E-state index in [1.54, 1.807) is 24.6 Å². The molecule has 0 unspecified atom stereocenters. The lowest BCUT2D eigenvalue weighted by Gasteiger charge is -2.07. The van der Waals surface area contributed by atoms with Crippen LogP contribution in [0.3, 0.4) is 0 Å². The van der Waals surface area contributed by atoms with Gasteiger partial charge in [0.15, 0.2) is 11.0 Å². The van der Waals surface area contributed by atoms with Crippen LogP contribution in [0.1, 0.15) is 22.6 Å². The van der Waals surface area contributed by atoms with Crippen molar-refractivity contribution in [2.45, 2.75) is 32.3 Å². The highest BCUT2D eigenvalue weighted by Crippen LogP contribution is 2.28. The summed E-state index contributed by atoms with van der Waals surface area (Å²) in [6.07, 6.45) is 0.285. The molecule has 0 radical (unpaired) electrons. The lowest BCUT2D eigenvalue weighted by Crippen LogP contribution is -2.20. The second-order valence-electron chi connectivity index (χ2n) is 5.69. The minimum atomic E-state index is -0.158. The number of carbonyl (C=O) groups excluding carboxylic acids is 1. The predicted molar refractivity (Wildman–Crippen MR) is 99.5 cm³/mol. The van der Waals surface area contributed by atoms with E-state index in [1.807, 2.05) is 13.8 Å². The Morgan fingerprint density at radius 2 is 2.16 bits per heavy atom. The molecule has 0 atom stereocenters. The molecule has 0 saturated carbocycles. The average molecular weight is 378 g/mol. The van der Waals surface area contributed by atoms with E-state index < -0.39 is 0 Å². The third-order valence-corrected chi connectivity index (χ3v) is 5.96. The molecule has 3 rings (SSSR count). The molecule has 1 N–H and O–H groups in total. The van der Waals surface area contributed by atoms with Crippen molar-refractivity contribution in [2.24, 2.45) is 7.05 Å². The van der Waals surface area contributed by atoms with Gasteiger partial charge in [-0.05, 0) is 26.3 Å². The third-order valence-electron chi connectivity index (χ3n) is 3.83. The Balaban J connectivity index is 1.68. The molecule has 3 aromatic rings. The molecule has 0 bridgehead atoms. The van der Waals surface area contributed by atoms with Gasteiger partial charge in [0.05, 0.1) is 5.39 Å². The molecule has 0 saturated heterocycles. The van der Waals surface area contributed by atoms with Crippen LogP contribution in [0.4, 0.5) is 5.82 Å². The molecule has 0 aliphatic carbocycles. The summed E-state index contributed by atoms with van der Waals surface area (Å²) in [5.74, 6) is 1.40. The van der Waals surface area contributed by atoms with Crippen molar-refractivity contribution in [1.29, 1.82) is 0 Å². The maximum absolute atomic E-state index is 12.5. The summed E-state index contributed by atoms with van der Waals surface area (Å²) in [4.78, 5) is 30.9. The number of hydrogen-bond acceptors (Lipinski definition) is 7. The van der Waals surface area contributed by atoms with Crippen LogP contribution in [-0.4, -0.2) is 26.4 Å². The average Bonchev–Trinajstić information content (AvgIpc) is 3.08. The molecule has 3 aromatic heterocycles. The molecule has 0 fully saturated rings. The zero-order chi connectivity index (χ0) is 18.1. The van der Waals surface area contributed by atoms with Gasteiger partial charge in [-0.3, -0.25) is 14.2 Å². The number of carbonyl (C=O) groups is 1. The van der Waals surface area contributed by atoms with Crippen LogP contribution in [0.25, 0.3) is 10.2 Å². The summed E-state index contributed by atoms with van der Waals surface area (Å²) in [5, 5.41) is 7.70. The molecule has 0 aliphatic heterocycles. The Hall–Kier alpha value is -2.13. The van der Waals surface area contributed by atoms with Crippen LogP contribution in [0.2, 0.25) is 0 Å². The minimum Gasteiger partial charge on any atom is -0.360 e. The molecule has 25 heavy (non-hydrogen) atoms. The number of amides is 1. The van der Waals surface area contributed by atoms with Crippen LogP contribution in [-0.2, 0) is 11.8 Å². The summed E-state index contributed by atoms with van der Waals surface area (Å²) in [7, 11) is 1.71. The molecule has 0 aromatic carbocycles. The number of aromatic nitrogens is 3. The normalized spacial score (nSPS) is 11.2. The van der Waals surface area contributed by atoms with E-state index in [1.165, 1.54) is 23.1 Å². The van der Waals surface area contributed by atoms with E-state index in [9.17, 15) is 9.59 Å². The summed E-state index contributed by atoms with van der Waals surface area (Å²) in [5.41, 5.74) is 0.948. The van der Waals surface area contributed by atoms with Crippen molar-refractivity contribution in [2.75, 3.05) is 11.1 Å². The van der Waals surface area contributed by atoms with Crippen molar-refractivity contribution >= 4 is 45.0 Å². The Morgan fingerprint density at radius 1 is 1.40 bits per heavy atom. The smallest absolute Gasteiger partial charge is 0.262 e. The zero-order valence-corrected chi connectivity index (χ0v) is 16.0. The van der Waals surface area contributed by atoms with Crippen LogP contribution < -0.4 is 10.9 Å². The first-order chi connectivity index (χ1) is 11.9. The van der Waals surface area contributed by atoms with E-state index in [2.05, 4.69) is 15.5 Å². The summed E-state index contributed by atoms with van der Waals surface area (Å²) >= 11 is 2.91. The van der Waals surface area contributed by atoms with Gasteiger partial charge >= 0.3 is 0 Å². The van der Waals surface area contributed by atoms with E-state index in [0.717, 1.165) is 15.3 Å². The number of rotatable bonds is 5. The fourth-order valence-corrected chi connectivity index (χ4v) is 4.33. The molecule has 7 nitrogen and oxygen atoms in total. The number of aryl methyl sites for hydroxylation is 3. The molecular formula is C16H18N4O3S2. The lowest BCUT2D eigenvalue weighted by atomic mass is 10.2. The minimum absolute atomic E-state index is 0.0446. The van der Waals surface area contributed by atoms with Crippen molar-refractivity contribution in [3.05, 3.63) is 32.6 Å². The second kappa shape index (κ2) is 7.01. The largest absolute Gasteiger partial charge is 0.360 e. The maximum Gasteiger partial charge on any atom is 0.262 e. The van der Waals surface area contributed by atoms with Gasteiger partial charge in [0, 0.05) is 30.2 Å². The Labute approximate surface area is 152 Å². The number of fused-ring (bicyclic) bond motifs is 1. The summed E-state index contributed by atoms with van der Waals surface area (Å²) in [6, 6.07) is 1.66. The van der Waals surface area contributed by atoms with Gasteiger partial charge in [-0.2, -0.15) is 0 Å². The first kappa shape index (κ1) is 17.7. The van der Waals surface area contributed by atoms with E-state index in [-0.39, 0.29) is 17.9 Å². The van der Waals surface area contributed by atoms with Gasteiger partial charge in [0.1, 0.15) is 10.6 Å². The lowest BCUT2D eigenvalue weighted by molar-refractivity contribution is -0.115. The summed E-state index contributed by atoms with van der Waals surface area (Å²) in [6.45, 7) is 5.69. The highest BCUT2D eigenvalue weighted by molar-refractivity contribution is 7.99. The van der Waals surface area contributed by atoms with E-state index >= 15 is 0 Å².